The predicted molar refractivity (Wildman–Crippen MR) is 68.5 cm³/mol. The zero-order chi connectivity index (χ0) is 13.7. The third-order valence-corrected chi connectivity index (χ3v) is 3.11. The van der Waals surface area contributed by atoms with Gasteiger partial charge in [-0.25, -0.2) is 0 Å². The maximum absolute atomic E-state index is 11.0. The Balaban J connectivity index is 2.50. The van der Waals surface area contributed by atoms with Crippen LogP contribution in [-0.2, 0) is 11.2 Å². The molecule has 0 saturated heterocycles. The second-order valence-electron chi connectivity index (χ2n) is 4.60. The van der Waals surface area contributed by atoms with Crippen molar-refractivity contribution in [3.8, 4) is 5.75 Å². The fourth-order valence-corrected chi connectivity index (χ4v) is 2.40. The van der Waals surface area contributed by atoms with Gasteiger partial charge in [0.1, 0.15) is 17.1 Å². The lowest BCUT2D eigenvalue weighted by Crippen LogP contribution is -2.00. The molecule has 0 aliphatic heterocycles. The van der Waals surface area contributed by atoms with Crippen LogP contribution in [0.15, 0.2) is 21.0 Å². The summed E-state index contributed by atoms with van der Waals surface area (Å²) < 4.78 is 11.0. The highest BCUT2D eigenvalue weighted by Crippen LogP contribution is 2.40. The molecule has 5 heteroatoms. The second-order valence-corrected chi connectivity index (χ2v) is 4.60. The van der Waals surface area contributed by atoms with E-state index in [4.69, 9.17) is 13.9 Å². The minimum atomic E-state index is -0.957. The van der Waals surface area contributed by atoms with E-state index in [1.165, 1.54) is 0 Å². The van der Waals surface area contributed by atoms with Gasteiger partial charge in [0, 0.05) is 10.9 Å². The van der Waals surface area contributed by atoms with Crippen LogP contribution in [-0.4, -0.2) is 16.2 Å². The SMILES string of the molecule is Cc1cc2c(CC(=O)O)c3oc(C)cc3c(O)c2o1. The van der Waals surface area contributed by atoms with Crippen molar-refractivity contribution in [3.63, 3.8) is 0 Å². The minimum Gasteiger partial charge on any atom is -0.504 e. The fraction of sp³-hybridized carbons (Fsp3) is 0.214. The summed E-state index contributed by atoms with van der Waals surface area (Å²) in [6.45, 7) is 3.49. The number of furan rings is 2. The van der Waals surface area contributed by atoms with E-state index in [0.29, 0.717) is 39.0 Å². The molecule has 2 heterocycles. The average Bonchev–Trinajstić information content (AvgIpc) is 2.87. The number of aliphatic carboxylic acids is 1. The first-order valence-electron chi connectivity index (χ1n) is 5.83. The van der Waals surface area contributed by atoms with E-state index in [0.717, 1.165) is 0 Å². The van der Waals surface area contributed by atoms with Crippen LogP contribution in [0.5, 0.6) is 5.75 Å². The number of aryl methyl sites for hydroxylation is 2. The number of fused-ring (bicyclic) bond motifs is 2. The van der Waals surface area contributed by atoms with Gasteiger partial charge >= 0.3 is 5.97 Å². The number of phenols is 1. The van der Waals surface area contributed by atoms with Crippen molar-refractivity contribution in [2.45, 2.75) is 20.3 Å². The van der Waals surface area contributed by atoms with Crippen LogP contribution in [0.25, 0.3) is 21.9 Å². The Morgan fingerprint density at radius 2 is 1.68 bits per heavy atom. The van der Waals surface area contributed by atoms with Gasteiger partial charge in [0.25, 0.3) is 0 Å². The van der Waals surface area contributed by atoms with Gasteiger partial charge in [-0.3, -0.25) is 4.79 Å². The molecule has 5 nitrogen and oxygen atoms in total. The van der Waals surface area contributed by atoms with Crippen molar-refractivity contribution in [2.24, 2.45) is 0 Å². The summed E-state index contributed by atoms with van der Waals surface area (Å²) >= 11 is 0. The molecule has 0 aliphatic rings. The first-order valence-corrected chi connectivity index (χ1v) is 5.83. The highest BCUT2D eigenvalue weighted by Gasteiger charge is 2.21. The maximum atomic E-state index is 11.0. The lowest BCUT2D eigenvalue weighted by atomic mass is 10.0. The molecule has 0 radical (unpaired) electrons. The normalized spacial score (nSPS) is 11.5. The van der Waals surface area contributed by atoms with Crippen LogP contribution < -0.4 is 0 Å². The third-order valence-electron chi connectivity index (χ3n) is 3.11. The number of hydrogen-bond acceptors (Lipinski definition) is 4. The molecular weight excluding hydrogens is 248 g/mol. The molecule has 2 N–H and O–H groups in total. The molecule has 0 spiro atoms. The van der Waals surface area contributed by atoms with Crippen LogP contribution >= 0.6 is 0 Å². The Kier molecular flexibility index (Phi) is 2.32. The number of carboxylic acid groups (broad SMARTS) is 1. The summed E-state index contributed by atoms with van der Waals surface area (Å²) in [4.78, 5) is 11.0. The quantitative estimate of drug-likeness (QED) is 0.739. The highest BCUT2D eigenvalue weighted by atomic mass is 16.4. The largest absolute Gasteiger partial charge is 0.504 e. The van der Waals surface area contributed by atoms with Gasteiger partial charge in [-0.2, -0.15) is 0 Å². The van der Waals surface area contributed by atoms with E-state index >= 15 is 0 Å². The van der Waals surface area contributed by atoms with Crippen molar-refractivity contribution in [2.75, 3.05) is 0 Å². The first-order chi connectivity index (χ1) is 8.97. The topological polar surface area (TPSA) is 83.8 Å². The van der Waals surface area contributed by atoms with Crippen LogP contribution in [0.4, 0.5) is 0 Å². The van der Waals surface area contributed by atoms with Gasteiger partial charge in [-0.15, -0.1) is 0 Å². The second kappa shape index (κ2) is 3.78. The van der Waals surface area contributed by atoms with Gasteiger partial charge < -0.3 is 19.0 Å². The molecule has 0 bridgehead atoms. The fourth-order valence-electron chi connectivity index (χ4n) is 2.40. The van der Waals surface area contributed by atoms with E-state index in [9.17, 15) is 9.90 Å². The minimum absolute atomic E-state index is 0.0101. The van der Waals surface area contributed by atoms with Crippen LogP contribution in [0.2, 0.25) is 0 Å². The Bertz CT molecular complexity index is 749. The van der Waals surface area contributed by atoms with Crippen molar-refractivity contribution < 1.29 is 23.8 Å². The molecule has 3 aromatic rings. The Morgan fingerprint density at radius 3 is 2.32 bits per heavy atom. The Hall–Kier alpha value is -2.43. The molecule has 1 aromatic carbocycles. The van der Waals surface area contributed by atoms with Crippen LogP contribution in [0.1, 0.15) is 17.1 Å². The summed E-state index contributed by atoms with van der Waals surface area (Å²) in [5, 5.41) is 20.3. The standard InChI is InChI=1S/C14H12O5/c1-6-3-8-9(5-11(15)16)13-10(4-7(2)18-13)12(17)14(8)19-6/h3-4,17H,5H2,1-2H3,(H,15,16). The van der Waals surface area contributed by atoms with E-state index in [1.54, 1.807) is 26.0 Å². The molecule has 19 heavy (non-hydrogen) atoms. The van der Waals surface area contributed by atoms with E-state index in [2.05, 4.69) is 0 Å². The molecule has 0 atom stereocenters. The number of carbonyl (C=O) groups is 1. The van der Waals surface area contributed by atoms with Gasteiger partial charge in [0.15, 0.2) is 11.3 Å². The number of hydrogen-bond donors (Lipinski definition) is 2. The van der Waals surface area contributed by atoms with Crippen molar-refractivity contribution in [3.05, 3.63) is 29.2 Å². The average molecular weight is 260 g/mol. The summed E-state index contributed by atoms with van der Waals surface area (Å²) in [6, 6.07) is 3.39. The smallest absolute Gasteiger partial charge is 0.307 e. The monoisotopic (exact) mass is 260 g/mol. The van der Waals surface area contributed by atoms with Crippen molar-refractivity contribution in [1.29, 1.82) is 0 Å². The van der Waals surface area contributed by atoms with E-state index < -0.39 is 5.97 Å². The zero-order valence-electron chi connectivity index (χ0n) is 10.5. The van der Waals surface area contributed by atoms with Crippen molar-refractivity contribution >= 4 is 27.9 Å². The number of aromatic hydroxyl groups is 1. The Morgan fingerprint density at radius 1 is 1.11 bits per heavy atom. The molecule has 0 aliphatic carbocycles. The zero-order valence-corrected chi connectivity index (χ0v) is 10.5. The maximum Gasteiger partial charge on any atom is 0.307 e. The van der Waals surface area contributed by atoms with Gasteiger partial charge in [-0.05, 0) is 26.0 Å². The third kappa shape index (κ3) is 1.66. The first kappa shape index (κ1) is 11.6. The molecule has 0 saturated carbocycles. The summed E-state index contributed by atoms with van der Waals surface area (Å²) in [7, 11) is 0. The predicted octanol–water partition coefficient (Wildman–Crippen LogP) is 3.13. The number of phenolic OH excluding ortho intramolecular Hbond substituents is 1. The summed E-state index contributed by atoms with van der Waals surface area (Å²) in [6.07, 6.45) is -0.181. The molecule has 0 fully saturated rings. The Labute approximate surface area is 108 Å². The van der Waals surface area contributed by atoms with E-state index in [-0.39, 0.29) is 12.2 Å². The highest BCUT2D eigenvalue weighted by molar-refractivity contribution is 6.05. The van der Waals surface area contributed by atoms with Gasteiger partial charge in [0.2, 0.25) is 0 Å². The molecule has 0 amide bonds. The number of carboxylic acids is 1. The molecule has 3 rings (SSSR count). The van der Waals surface area contributed by atoms with Crippen LogP contribution in [0.3, 0.4) is 0 Å². The van der Waals surface area contributed by atoms with Gasteiger partial charge in [0.05, 0.1) is 11.8 Å². The summed E-state index contributed by atoms with van der Waals surface area (Å²) in [5.74, 6) is 0.257. The number of benzene rings is 1. The van der Waals surface area contributed by atoms with Crippen molar-refractivity contribution in [1.82, 2.24) is 0 Å². The lowest BCUT2D eigenvalue weighted by Gasteiger charge is -2.03. The summed E-state index contributed by atoms with van der Waals surface area (Å²) in [5.41, 5.74) is 1.24. The van der Waals surface area contributed by atoms with Gasteiger partial charge in [-0.1, -0.05) is 0 Å². The van der Waals surface area contributed by atoms with Crippen LogP contribution in [0, 0.1) is 13.8 Å². The molecule has 2 aromatic heterocycles. The molecule has 0 unspecified atom stereocenters. The molecule has 98 valence electrons. The lowest BCUT2D eigenvalue weighted by molar-refractivity contribution is -0.136. The van der Waals surface area contributed by atoms with E-state index in [1.807, 2.05) is 0 Å². The number of rotatable bonds is 2. The molecular formula is C14H12O5.